The van der Waals surface area contributed by atoms with Crippen molar-refractivity contribution in [1.29, 1.82) is 0 Å². The van der Waals surface area contributed by atoms with E-state index in [1.807, 2.05) is 19.1 Å². The zero-order chi connectivity index (χ0) is 12.8. The summed E-state index contributed by atoms with van der Waals surface area (Å²) < 4.78 is 5.14. The van der Waals surface area contributed by atoms with Gasteiger partial charge < -0.3 is 15.2 Å². The number of methoxy groups -OCH3 is 1. The first kappa shape index (κ1) is 13.5. The molecule has 4 nitrogen and oxygen atoms in total. The summed E-state index contributed by atoms with van der Waals surface area (Å²) in [6.07, 6.45) is 0.349. The highest BCUT2D eigenvalue weighted by molar-refractivity contribution is 5.90. The summed E-state index contributed by atoms with van der Waals surface area (Å²) in [6, 6.07) is 5.48. The number of aliphatic hydroxyl groups excluding tert-OH is 1. The van der Waals surface area contributed by atoms with Crippen LogP contribution < -0.4 is 10.1 Å². The normalized spacial score (nSPS) is 12.0. The summed E-state index contributed by atoms with van der Waals surface area (Å²) in [5.74, 6) is 0.711. The zero-order valence-electron chi connectivity index (χ0n) is 10.5. The first-order valence-corrected chi connectivity index (χ1v) is 5.65. The predicted octanol–water partition coefficient (Wildman–Crippen LogP) is 2.10. The molecule has 2 N–H and O–H groups in total. The Morgan fingerprint density at radius 2 is 2.24 bits per heavy atom. The van der Waals surface area contributed by atoms with Crippen LogP contribution in [0.1, 0.15) is 25.3 Å². The molecule has 0 aliphatic rings. The minimum absolute atomic E-state index is 0.0875. The van der Waals surface area contributed by atoms with E-state index in [-0.39, 0.29) is 5.91 Å². The molecule has 1 aromatic carbocycles. The van der Waals surface area contributed by atoms with Gasteiger partial charge in [-0.2, -0.15) is 0 Å². The number of nitrogens with one attached hydrogen (secondary N) is 1. The molecular formula is C13H19NO3. The lowest BCUT2D eigenvalue weighted by atomic mass is 10.2. The molecule has 1 rings (SSSR count). The van der Waals surface area contributed by atoms with Crippen LogP contribution in [0.2, 0.25) is 0 Å². The lowest BCUT2D eigenvalue weighted by Crippen LogP contribution is -2.14. The lowest BCUT2D eigenvalue weighted by molar-refractivity contribution is -0.116. The van der Waals surface area contributed by atoms with E-state index in [4.69, 9.17) is 9.84 Å². The molecule has 1 unspecified atom stereocenters. The molecule has 1 amide bonds. The molecule has 0 saturated carbocycles. The number of aryl methyl sites for hydroxylation is 1. The van der Waals surface area contributed by atoms with Crippen LogP contribution in [0.25, 0.3) is 0 Å². The van der Waals surface area contributed by atoms with Crippen molar-refractivity contribution in [1.82, 2.24) is 0 Å². The monoisotopic (exact) mass is 237 g/mol. The minimum atomic E-state index is -0.446. The number of aliphatic hydroxyl groups is 1. The number of rotatable bonds is 5. The molecule has 4 heteroatoms. The predicted molar refractivity (Wildman–Crippen MR) is 67.3 cm³/mol. The number of benzene rings is 1. The Bertz CT molecular complexity index is 388. The maximum Gasteiger partial charge on any atom is 0.224 e. The summed E-state index contributed by atoms with van der Waals surface area (Å²) in [5.41, 5.74) is 1.72. The second kappa shape index (κ2) is 6.25. The molecule has 0 aliphatic carbocycles. The van der Waals surface area contributed by atoms with Gasteiger partial charge in [-0.15, -0.1) is 0 Å². The Labute approximate surface area is 102 Å². The highest BCUT2D eigenvalue weighted by Gasteiger charge is 2.06. The first-order chi connectivity index (χ1) is 8.02. The molecular weight excluding hydrogens is 218 g/mol. The number of amides is 1. The van der Waals surface area contributed by atoms with Crippen molar-refractivity contribution in [3.05, 3.63) is 23.8 Å². The molecule has 17 heavy (non-hydrogen) atoms. The van der Waals surface area contributed by atoms with Gasteiger partial charge in [0.15, 0.2) is 0 Å². The van der Waals surface area contributed by atoms with Crippen molar-refractivity contribution in [2.45, 2.75) is 32.8 Å². The van der Waals surface area contributed by atoms with Crippen molar-refractivity contribution in [3.8, 4) is 5.75 Å². The van der Waals surface area contributed by atoms with Crippen LogP contribution in [0.5, 0.6) is 5.75 Å². The molecule has 0 aliphatic heterocycles. The second-order valence-corrected chi connectivity index (χ2v) is 4.12. The molecule has 0 radical (unpaired) electrons. The van der Waals surface area contributed by atoms with Gasteiger partial charge in [0.2, 0.25) is 5.91 Å². The van der Waals surface area contributed by atoms with E-state index in [0.29, 0.717) is 12.8 Å². The molecule has 0 saturated heterocycles. The fraction of sp³-hybridized carbons (Fsp3) is 0.462. The maximum atomic E-state index is 11.5. The molecule has 1 aromatic rings. The van der Waals surface area contributed by atoms with E-state index >= 15 is 0 Å². The average Bonchev–Trinajstić information content (AvgIpc) is 2.26. The van der Waals surface area contributed by atoms with Gasteiger partial charge in [0.05, 0.1) is 13.2 Å². The van der Waals surface area contributed by atoms with Crippen molar-refractivity contribution < 1.29 is 14.6 Å². The molecule has 94 valence electrons. The van der Waals surface area contributed by atoms with Gasteiger partial charge in [-0.1, -0.05) is 0 Å². The van der Waals surface area contributed by atoms with Gasteiger partial charge in [-0.25, -0.2) is 0 Å². The number of anilines is 1. The van der Waals surface area contributed by atoms with Gasteiger partial charge in [-0.05, 0) is 44.0 Å². The molecule has 0 aromatic heterocycles. The molecule has 0 fully saturated rings. The SMILES string of the molecule is COc1ccc(NC(=O)CCC(C)O)cc1C. The Hall–Kier alpha value is -1.55. The third-order valence-corrected chi connectivity index (χ3v) is 2.47. The Morgan fingerprint density at radius 1 is 1.53 bits per heavy atom. The van der Waals surface area contributed by atoms with E-state index in [9.17, 15) is 4.79 Å². The van der Waals surface area contributed by atoms with E-state index in [1.165, 1.54) is 0 Å². The topological polar surface area (TPSA) is 58.6 Å². The summed E-state index contributed by atoms with van der Waals surface area (Å²) in [5, 5.41) is 11.9. The van der Waals surface area contributed by atoms with Crippen molar-refractivity contribution in [2.24, 2.45) is 0 Å². The lowest BCUT2D eigenvalue weighted by Gasteiger charge is -2.09. The van der Waals surface area contributed by atoms with Crippen LogP contribution >= 0.6 is 0 Å². The van der Waals surface area contributed by atoms with Crippen molar-refractivity contribution in [2.75, 3.05) is 12.4 Å². The average molecular weight is 237 g/mol. The fourth-order valence-corrected chi connectivity index (χ4v) is 1.52. The van der Waals surface area contributed by atoms with Crippen LogP contribution in [0.15, 0.2) is 18.2 Å². The molecule has 0 spiro atoms. The third-order valence-electron chi connectivity index (χ3n) is 2.47. The van der Waals surface area contributed by atoms with Crippen LogP contribution in [-0.4, -0.2) is 24.2 Å². The number of hydrogen-bond acceptors (Lipinski definition) is 3. The number of hydrogen-bond donors (Lipinski definition) is 2. The van der Waals surface area contributed by atoms with Crippen molar-refractivity contribution >= 4 is 11.6 Å². The maximum absolute atomic E-state index is 11.5. The van der Waals surface area contributed by atoms with Gasteiger partial charge in [-0.3, -0.25) is 4.79 Å². The number of carbonyl (C=O) groups excluding carboxylic acids is 1. The van der Waals surface area contributed by atoms with E-state index < -0.39 is 6.10 Å². The fourth-order valence-electron chi connectivity index (χ4n) is 1.52. The van der Waals surface area contributed by atoms with Gasteiger partial charge in [0.25, 0.3) is 0 Å². The highest BCUT2D eigenvalue weighted by Crippen LogP contribution is 2.21. The van der Waals surface area contributed by atoms with Gasteiger partial charge in [0, 0.05) is 12.1 Å². The number of ether oxygens (including phenoxy) is 1. The minimum Gasteiger partial charge on any atom is -0.496 e. The van der Waals surface area contributed by atoms with Crippen LogP contribution in [0, 0.1) is 6.92 Å². The smallest absolute Gasteiger partial charge is 0.224 e. The van der Waals surface area contributed by atoms with Crippen LogP contribution in [0.4, 0.5) is 5.69 Å². The van der Waals surface area contributed by atoms with Gasteiger partial charge >= 0.3 is 0 Å². The summed E-state index contributed by atoms with van der Waals surface area (Å²) in [7, 11) is 1.61. The second-order valence-electron chi connectivity index (χ2n) is 4.12. The van der Waals surface area contributed by atoms with Gasteiger partial charge in [0.1, 0.15) is 5.75 Å². The van der Waals surface area contributed by atoms with E-state index in [2.05, 4.69) is 5.32 Å². The summed E-state index contributed by atoms with van der Waals surface area (Å²) >= 11 is 0. The first-order valence-electron chi connectivity index (χ1n) is 5.65. The quantitative estimate of drug-likeness (QED) is 0.824. The Kier molecular flexibility index (Phi) is 4.97. The van der Waals surface area contributed by atoms with Crippen molar-refractivity contribution in [3.63, 3.8) is 0 Å². The highest BCUT2D eigenvalue weighted by atomic mass is 16.5. The summed E-state index contributed by atoms with van der Waals surface area (Å²) in [4.78, 5) is 11.5. The zero-order valence-corrected chi connectivity index (χ0v) is 10.5. The molecule has 1 atom stereocenters. The number of carbonyl (C=O) groups is 1. The van der Waals surface area contributed by atoms with E-state index in [0.717, 1.165) is 17.0 Å². The molecule has 0 heterocycles. The van der Waals surface area contributed by atoms with Crippen LogP contribution in [0.3, 0.4) is 0 Å². The summed E-state index contributed by atoms with van der Waals surface area (Å²) in [6.45, 7) is 3.59. The largest absolute Gasteiger partial charge is 0.496 e. The standard InChI is InChI=1S/C13H19NO3/c1-9-8-11(5-6-12(9)17-3)14-13(16)7-4-10(2)15/h5-6,8,10,15H,4,7H2,1-3H3,(H,14,16). The van der Waals surface area contributed by atoms with Crippen LogP contribution in [-0.2, 0) is 4.79 Å². The van der Waals surface area contributed by atoms with E-state index in [1.54, 1.807) is 20.1 Å². The third kappa shape index (κ3) is 4.44. The Morgan fingerprint density at radius 3 is 2.76 bits per heavy atom. The molecule has 0 bridgehead atoms. The Balaban J connectivity index is 2.57.